The first-order chi connectivity index (χ1) is 7.33. The second kappa shape index (κ2) is 5.33. The quantitative estimate of drug-likeness (QED) is 0.818. The van der Waals surface area contributed by atoms with Gasteiger partial charge < -0.3 is 5.32 Å². The minimum absolute atomic E-state index is 0.427. The van der Waals surface area contributed by atoms with Crippen LogP contribution in [0.1, 0.15) is 55.0 Å². The van der Waals surface area contributed by atoms with Crippen LogP contribution < -0.4 is 5.32 Å². The predicted octanol–water partition coefficient (Wildman–Crippen LogP) is 4.45. The van der Waals surface area contributed by atoms with Crippen molar-refractivity contribution in [1.29, 1.82) is 0 Å². The summed E-state index contributed by atoms with van der Waals surface area (Å²) >= 11 is 1.94. The van der Waals surface area contributed by atoms with Crippen LogP contribution >= 0.6 is 11.3 Å². The van der Waals surface area contributed by atoms with Gasteiger partial charge in [0, 0.05) is 15.8 Å². The second-order valence-electron chi connectivity index (χ2n) is 5.83. The Bertz CT molecular complexity index is 313. The van der Waals surface area contributed by atoms with Crippen molar-refractivity contribution in [3.05, 3.63) is 21.4 Å². The number of hydrogen-bond acceptors (Lipinski definition) is 2. The summed E-state index contributed by atoms with van der Waals surface area (Å²) in [5.41, 5.74) is 1.85. The maximum absolute atomic E-state index is 3.44. The minimum atomic E-state index is 0.427. The molecule has 2 heteroatoms. The number of hydrogen-bond donors (Lipinski definition) is 1. The van der Waals surface area contributed by atoms with Crippen LogP contribution in [-0.4, -0.2) is 7.05 Å². The molecule has 0 saturated carbocycles. The van der Waals surface area contributed by atoms with Gasteiger partial charge in [-0.1, -0.05) is 20.8 Å². The molecule has 1 unspecified atom stereocenters. The highest BCUT2D eigenvalue weighted by atomic mass is 32.1. The lowest BCUT2D eigenvalue weighted by atomic mass is 9.88. The largest absolute Gasteiger partial charge is 0.312 e. The molecule has 1 atom stereocenters. The van der Waals surface area contributed by atoms with E-state index in [-0.39, 0.29) is 0 Å². The van der Waals surface area contributed by atoms with Crippen LogP contribution in [0.15, 0.2) is 6.07 Å². The van der Waals surface area contributed by atoms with Crippen LogP contribution in [0.3, 0.4) is 0 Å². The molecule has 1 aromatic rings. The number of nitrogens with one attached hydrogen (secondary N) is 1. The zero-order chi connectivity index (χ0) is 12.3. The molecule has 0 aromatic carbocycles. The summed E-state index contributed by atoms with van der Waals surface area (Å²) in [5.74, 6) is 0. The molecule has 0 spiro atoms. The lowest BCUT2D eigenvalue weighted by Gasteiger charge is -2.22. The molecule has 0 fully saturated rings. The molecular weight excluding hydrogens is 214 g/mol. The summed E-state index contributed by atoms with van der Waals surface area (Å²) in [7, 11) is 2.07. The molecule has 0 saturated heterocycles. The Morgan fingerprint density at radius 1 is 1.31 bits per heavy atom. The van der Waals surface area contributed by atoms with Crippen molar-refractivity contribution in [2.45, 2.75) is 53.5 Å². The van der Waals surface area contributed by atoms with Crippen LogP contribution in [-0.2, 0) is 0 Å². The maximum Gasteiger partial charge on any atom is 0.0412 e. The molecular formula is C14H25NS. The molecule has 16 heavy (non-hydrogen) atoms. The number of aryl methyl sites for hydroxylation is 2. The van der Waals surface area contributed by atoms with Crippen LogP contribution in [0.4, 0.5) is 0 Å². The Labute approximate surface area is 104 Å². The molecule has 0 aliphatic rings. The monoisotopic (exact) mass is 239 g/mol. The molecule has 1 nitrogen and oxygen atoms in total. The van der Waals surface area contributed by atoms with Gasteiger partial charge in [-0.15, -0.1) is 11.3 Å². The van der Waals surface area contributed by atoms with E-state index in [1.54, 1.807) is 0 Å². The summed E-state index contributed by atoms with van der Waals surface area (Å²) < 4.78 is 0. The summed E-state index contributed by atoms with van der Waals surface area (Å²) in [4.78, 5) is 2.94. The van der Waals surface area contributed by atoms with Crippen molar-refractivity contribution in [2.75, 3.05) is 7.05 Å². The van der Waals surface area contributed by atoms with Gasteiger partial charge in [0.1, 0.15) is 0 Å². The molecule has 0 aliphatic carbocycles. The lowest BCUT2D eigenvalue weighted by molar-refractivity contribution is 0.339. The van der Waals surface area contributed by atoms with E-state index in [0.29, 0.717) is 11.5 Å². The predicted molar refractivity (Wildman–Crippen MR) is 74.3 cm³/mol. The highest BCUT2D eigenvalue weighted by Gasteiger charge is 2.17. The first-order valence-electron chi connectivity index (χ1n) is 6.07. The zero-order valence-electron chi connectivity index (χ0n) is 11.5. The van der Waals surface area contributed by atoms with E-state index in [2.05, 4.69) is 53.0 Å². The average molecular weight is 239 g/mol. The molecule has 92 valence electrons. The summed E-state index contributed by atoms with van der Waals surface area (Å²) in [5, 5.41) is 3.44. The van der Waals surface area contributed by atoms with Gasteiger partial charge in [-0.05, 0) is 50.8 Å². The second-order valence-corrected chi connectivity index (χ2v) is 7.12. The van der Waals surface area contributed by atoms with Crippen LogP contribution in [0.2, 0.25) is 0 Å². The van der Waals surface area contributed by atoms with Gasteiger partial charge in [0.2, 0.25) is 0 Å². The fourth-order valence-electron chi connectivity index (χ4n) is 1.78. The third kappa shape index (κ3) is 3.91. The van der Waals surface area contributed by atoms with Crippen molar-refractivity contribution in [3.63, 3.8) is 0 Å². The fraction of sp³-hybridized carbons (Fsp3) is 0.714. The van der Waals surface area contributed by atoms with Gasteiger partial charge in [-0.25, -0.2) is 0 Å². The topological polar surface area (TPSA) is 12.0 Å². The number of thiophene rings is 1. The highest BCUT2D eigenvalue weighted by molar-refractivity contribution is 7.12. The first-order valence-corrected chi connectivity index (χ1v) is 6.89. The standard InChI is InChI=1S/C14H25NS/c1-10-9-13(16-11(10)2)12(15-6)7-8-14(3,4)5/h9,12,15H,7-8H2,1-6H3. The van der Waals surface area contributed by atoms with Crippen molar-refractivity contribution in [1.82, 2.24) is 5.32 Å². The summed E-state index contributed by atoms with van der Waals surface area (Å²) in [6.07, 6.45) is 2.48. The van der Waals surface area contributed by atoms with E-state index in [9.17, 15) is 0 Å². The molecule has 1 N–H and O–H groups in total. The zero-order valence-corrected chi connectivity index (χ0v) is 12.3. The van der Waals surface area contributed by atoms with E-state index in [1.807, 2.05) is 11.3 Å². The minimum Gasteiger partial charge on any atom is -0.312 e. The van der Waals surface area contributed by atoms with Gasteiger partial charge in [0.05, 0.1) is 0 Å². The summed E-state index contributed by atoms with van der Waals surface area (Å²) in [6, 6.07) is 2.86. The average Bonchev–Trinajstić information content (AvgIpc) is 2.46. The van der Waals surface area contributed by atoms with E-state index < -0.39 is 0 Å². The van der Waals surface area contributed by atoms with Gasteiger partial charge >= 0.3 is 0 Å². The molecule has 1 aromatic heterocycles. The Morgan fingerprint density at radius 3 is 2.31 bits per heavy atom. The fourth-order valence-corrected chi connectivity index (χ4v) is 2.97. The van der Waals surface area contributed by atoms with Crippen molar-refractivity contribution in [3.8, 4) is 0 Å². The molecule has 1 rings (SSSR count). The first kappa shape index (κ1) is 13.7. The van der Waals surface area contributed by atoms with Crippen LogP contribution in [0.5, 0.6) is 0 Å². The smallest absolute Gasteiger partial charge is 0.0412 e. The van der Waals surface area contributed by atoms with E-state index in [0.717, 1.165) is 0 Å². The third-order valence-electron chi connectivity index (χ3n) is 3.06. The van der Waals surface area contributed by atoms with Gasteiger partial charge in [-0.3, -0.25) is 0 Å². The Morgan fingerprint density at radius 2 is 1.94 bits per heavy atom. The Kier molecular flexibility index (Phi) is 4.57. The van der Waals surface area contributed by atoms with Crippen LogP contribution in [0.25, 0.3) is 0 Å². The van der Waals surface area contributed by atoms with Crippen molar-refractivity contribution < 1.29 is 0 Å². The number of rotatable bonds is 4. The highest BCUT2D eigenvalue weighted by Crippen LogP contribution is 2.32. The maximum atomic E-state index is 3.44. The summed E-state index contributed by atoms with van der Waals surface area (Å²) in [6.45, 7) is 11.3. The SMILES string of the molecule is CNC(CCC(C)(C)C)c1cc(C)c(C)s1. The van der Waals surface area contributed by atoms with E-state index >= 15 is 0 Å². The molecule has 0 bridgehead atoms. The lowest BCUT2D eigenvalue weighted by Crippen LogP contribution is -2.18. The Hall–Kier alpha value is -0.340. The molecule has 1 heterocycles. The van der Waals surface area contributed by atoms with Crippen LogP contribution in [0, 0.1) is 19.3 Å². The van der Waals surface area contributed by atoms with Gasteiger partial charge in [-0.2, -0.15) is 0 Å². The van der Waals surface area contributed by atoms with E-state index in [1.165, 1.54) is 28.2 Å². The Balaban J connectivity index is 2.68. The molecule has 0 radical (unpaired) electrons. The van der Waals surface area contributed by atoms with E-state index in [4.69, 9.17) is 0 Å². The van der Waals surface area contributed by atoms with Crippen molar-refractivity contribution in [2.24, 2.45) is 5.41 Å². The van der Waals surface area contributed by atoms with Gasteiger partial charge in [0.25, 0.3) is 0 Å². The molecule has 0 aliphatic heterocycles. The third-order valence-corrected chi connectivity index (χ3v) is 4.33. The van der Waals surface area contributed by atoms with Crippen molar-refractivity contribution >= 4 is 11.3 Å². The normalized spacial score (nSPS) is 14.1. The van der Waals surface area contributed by atoms with Gasteiger partial charge in [0.15, 0.2) is 0 Å². The molecule has 0 amide bonds.